The number of aryl methyl sites for hydroxylation is 1. The van der Waals surface area contributed by atoms with Crippen LogP contribution in [0.1, 0.15) is 74.5 Å². The predicted octanol–water partition coefficient (Wildman–Crippen LogP) is 3.36. The fraction of sp³-hybridized carbons (Fsp3) is 0.714. The summed E-state index contributed by atoms with van der Waals surface area (Å²) in [5.41, 5.74) is 1.41. The first kappa shape index (κ1) is 17.6. The topological polar surface area (TPSA) is 56.4 Å². The van der Waals surface area contributed by atoms with Gasteiger partial charge in [0.1, 0.15) is 5.69 Å². The number of carbonyl (C=O) groups is 2. The molecule has 5 nitrogen and oxygen atoms in total. The molecule has 2 aliphatic heterocycles. The summed E-state index contributed by atoms with van der Waals surface area (Å²) >= 11 is 0. The van der Waals surface area contributed by atoms with Crippen molar-refractivity contribution in [1.82, 2.24) is 14.8 Å². The van der Waals surface area contributed by atoms with E-state index in [0.717, 1.165) is 50.8 Å². The summed E-state index contributed by atoms with van der Waals surface area (Å²) < 4.78 is 0. The second-order valence-electron chi connectivity index (χ2n) is 8.40. The normalized spacial score (nSPS) is 27.5. The lowest BCUT2D eigenvalue weighted by Crippen LogP contribution is -2.54. The highest BCUT2D eigenvalue weighted by Gasteiger charge is 2.50. The zero-order valence-corrected chi connectivity index (χ0v) is 15.9. The number of nitrogens with one attached hydrogen (secondary N) is 1. The van der Waals surface area contributed by atoms with Gasteiger partial charge in [-0.2, -0.15) is 0 Å². The van der Waals surface area contributed by atoms with Gasteiger partial charge in [-0.15, -0.1) is 0 Å². The summed E-state index contributed by atoms with van der Waals surface area (Å²) in [5.74, 6) is 0.371. The summed E-state index contributed by atoms with van der Waals surface area (Å²) in [5, 5.41) is 0. The number of hydrogen-bond donors (Lipinski definition) is 1. The molecule has 0 bridgehead atoms. The van der Waals surface area contributed by atoms with Crippen LogP contribution in [-0.2, 0) is 11.2 Å². The maximum absolute atomic E-state index is 13.4. The molecule has 1 saturated carbocycles. The minimum absolute atomic E-state index is 0.0455. The summed E-state index contributed by atoms with van der Waals surface area (Å²) in [6, 6.07) is 4.30. The lowest BCUT2D eigenvalue weighted by atomic mass is 9.77. The second-order valence-corrected chi connectivity index (χ2v) is 8.40. The van der Waals surface area contributed by atoms with Crippen molar-refractivity contribution in [3.05, 3.63) is 23.5 Å². The van der Waals surface area contributed by atoms with Crippen molar-refractivity contribution in [3.8, 4) is 0 Å². The molecule has 0 unspecified atom stereocenters. The van der Waals surface area contributed by atoms with Gasteiger partial charge < -0.3 is 14.8 Å². The highest BCUT2D eigenvalue weighted by Crippen LogP contribution is 2.42. The van der Waals surface area contributed by atoms with Gasteiger partial charge in [0.05, 0.1) is 5.41 Å². The van der Waals surface area contributed by atoms with Gasteiger partial charge >= 0.3 is 0 Å². The SMILES string of the molecule is CCc1ccc(C(=O)N2CC[C@@]3(CCCN(C4CCCCC4)C3=O)C2)[nH]1. The first-order chi connectivity index (χ1) is 12.6. The van der Waals surface area contributed by atoms with Crippen molar-refractivity contribution in [3.63, 3.8) is 0 Å². The highest BCUT2D eigenvalue weighted by atomic mass is 16.2. The Labute approximate surface area is 156 Å². The van der Waals surface area contributed by atoms with Gasteiger partial charge in [-0.1, -0.05) is 26.2 Å². The lowest BCUT2D eigenvalue weighted by Gasteiger charge is -2.44. The smallest absolute Gasteiger partial charge is 0.270 e. The van der Waals surface area contributed by atoms with Crippen molar-refractivity contribution in [2.45, 2.75) is 70.8 Å². The fourth-order valence-electron chi connectivity index (χ4n) is 5.21. The van der Waals surface area contributed by atoms with Crippen molar-refractivity contribution in [2.24, 2.45) is 5.41 Å². The summed E-state index contributed by atoms with van der Waals surface area (Å²) in [6.07, 6.45) is 9.85. The Morgan fingerprint density at radius 2 is 1.96 bits per heavy atom. The van der Waals surface area contributed by atoms with Crippen molar-refractivity contribution >= 4 is 11.8 Å². The number of rotatable bonds is 3. The minimum atomic E-state index is -0.328. The molecular weight excluding hydrogens is 326 g/mol. The molecule has 2 amide bonds. The maximum atomic E-state index is 13.4. The number of piperidine rings is 1. The number of hydrogen-bond acceptors (Lipinski definition) is 2. The molecule has 3 fully saturated rings. The van der Waals surface area contributed by atoms with E-state index in [1.807, 2.05) is 17.0 Å². The van der Waals surface area contributed by atoms with Gasteiger partial charge in [0.25, 0.3) is 5.91 Å². The van der Waals surface area contributed by atoms with Gasteiger partial charge in [-0.3, -0.25) is 9.59 Å². The second kappa shape index (κ2) is 7.09. The lowest BCUT2D eigenvalue weighted by molar-refractivity contribution is -0.149. The standard InChI is InChI=1S/C21H31N3O2/c1-2-16-9-10-18(22-16)19(25)23-14-12-21(15-23)11-6-13-24(20(21)26)17-7-4-3-5-8-17/h9-10,17,22H,2-8,11-15H2,1H3/t21-/m0/s1. The molecular formula is C21H31N3O2. The molecule has 1 aliphatic carbocycles. The molecule has 1 atom stereocenters. The molecule has 2 saturated heterocycles. The first-order valence-corrected chi connectivity index (χ1v) is 10.4. The molecule has 4 rings (SSSR count). The molecule has 1 aromatic rings. The van der Waals surface area contributed by atoms with Crippen LogP contribution in [0.5, 0.6) is 0 Å². The van der Waals surface area contributed by atoms with Crippen LogP contribution in [0.15, 0.2) is 12.1 Å². The number of nitrogens with zero attached hydrogens (tertiary/aromatic N) is 2. The van der Waals surface area contributed by atoms with E-state index in [4.69, 9.17) is 0 Å². The van der Waals surface area contributed by atoms with Crippen LogP contribution in [0, 0.1) is 5.41 Å². The van der Waals surface area contributed by atoms with E-state index in [1.54, 1.807) is 0 Å². The molecule has 3 aliphatic rings. The Hall–Kier alpha value is -1.78. The Morgan fingerprint density at radius 1 is 1.15 bits per heavy atom. The minimum Gasteiger partial charge on any atom is -0.354 e. The summed E-state index contributed by atoms with van der Waals surface area (Å²) in [7, 11) is 0. The van der Waals surface area contributed by atoms with Crippen LogP contribution >= 0.6 is 0 Å². The van der Waals surface area contributed by atoms with Crippen LogP contribution in [0.25, 0.3) is 0 Å². The Kier molecular flexibility index (Phi) is 4.80. The molecule has 142 valence electrons. The van der Waals surface area contributed by atoms with Gasteiger partial charge in [0.15, 0.2) is 0 Å². The van der Waals surface area contributed by atoms with Crippen LogP contribution in [0.3, 0.4) is 0 Å². The van der Waals surface area contributed by atoms with Crippen LogP contribution in [0.2, 0.25) is 0 Å². The Morgan fingerprint density at radius 3 is 2.69 bits per heavy atom. The van der Waals surface area contributed by atoms with E-state index < -0.39 is 0 Å². The van der Waals surface area contributed by atoms with Crippen molar-refractivity contribution in [1.29, 1.82) is 0 Å². The third-order valence-electron chi connectivity index (χ3n) is 6.78. The van der Waals surface area contributed by atoms with E-state index >= 15 is 0 Å². The molecule has 1 N–H and O–H groups in total. The number of H-pyrrole nitrogens is 1. The predicted molar refractivity (Wildman–Crippen MR) is 101 cm³/mol. The monoisotopic (exact) mass is 357 g/mol. The Balaban J connectivity index is 1.47. The highest BCUT2D eigenvalue weighted by molar-refractivity contribution is 5.94. The zero-order valence-electron chi connectivity index (χ0n) is 15.9. The quantitative estimate of drug-likeness (QED) is 0.902. The van der Waals surface area contributed by atoms with Crippen LogP contribution < -0.4 is 0 Å². The number of aromatic nitrogens is 1. The molecule has 1 aromatic heterocycles. The number of carbonyl (C=O) groups excluding carboxylic acids is 2. The summed E-state index contributed by atoms with van der Waals surface area (Å²) in [6.45, 7) is 4.28. The van der Waals surface area contributed by atoms with Crippen molar-refractivity contribution < 1.29 is 9.59 Å². The molecule has 26 heavy (non-hydrogen) atoms. The van der Waals surface area contributed by atoms with Gasteiger partial charge in [0.2, 0.25) is 5.91 Å². The maximum Gasteiger partial charge on any atom is 0.270 e. The number of likely N-dealkylation sites (tertiary alicyclic amines) is 2. The summed E-state index contributed by atoms with van der Waals surface area (Å²) in [4.78, 5) is 33.5. The average molecular weight is 357 g/mol. The molecule has 5 heteroatoms. The molecule has 3 heterocycles. The van der Waals surface area contributed by atoms with E-state index in [1.165, 1.54) is 19.3 Å². The van der Waals surface area contributed by atoms with Crippen LogP contribution in [0.4, 0.5) is 0 Å². The Bertz CT molecular complexity index is 677. The van der Waals surface area contributed by atoms with Crippen LogP contribution in [-0.4, -0.2) is 52.3 Å². The van der Waals surface area contributed by atoms with E-state index in [0.29, 0.717) is 30.7 Å². The zero-order chi connectivity index (χ0) is 18.1. The molecule has 0 radical (unpaired) electrons. The van der Waals surface area contributed by atoms with Gasteiger partial charge in [-0.25, -0.2) is 0 Å². The third kappa shape index (κ3) is 3.06. The van der Waals surface area contributed by atoms with E-state index in [2.05, 4.69) is 16.8 Å². The first-order valence-electron chi connectivity index (χ1n) is 10.4. The molecule has 1 spiro atoms. The molecule has 0 aromatic carbocycles. The fourth-order valence-corrected chi connectivity index (χ4v) is 5.21. The van der Waals surface area contributed by atoms with Crippen molar-refractivity contribution in [2.75, 3.05) is 19.6 Å². The number of amides is 2. The van der Waals surface area contributed by atoms with E-state index in [9.17, 15) is 9.59 Å². The van der Waals surface area contributed by atoms with E-state index in [-0.39, 0.29) is 11.3 Å². The van der Waals surface area contributed by atoms with Gasteiger partial charge in [0, 0.05) is 31.4 Å². The van der Waals surface area contributed by atoms with Gasteiger partial charge in [-0.05, 0) is 50.7 Å². The third-order valence-corrected chi connectivity index (χ3v) is 6.78. The number of aromatic amines is 1. The average Bonchev–Trinajstić information content (AvgIpc) is 3.32. The largest absolute Gasteiger partial charge is 0.354 e.